The minimum Gasteiger partial charge on any atom is -0.508 e. The molecule has 0 saturated carbocycles. The van der Waals surface area contributed by atoms with E-state index in [4.69, 9.17) is 9.84 Å². The van der Waals surface area contributed by atoms with Gasteiger partial charge in [-0.2, -0.15) is 0 Å². The van der Waals surface area contributed by atoms with E-state index in [1.807, 2.05) is 0 Å². The quantitative estimate of drug-likeness (QED) is 0.825. The molecule has 114 valence electrons. The van der Waals surface area contributed by atoms with E-state index >= 15 is 0 Å². The number of likely N-dealkylation sites (tertiary alicyclic amines) is 1. The second-order valence-corrected chi connectivity index (χ2v) is 5.34. The summed E-state index contributed by atoms with van der Waals surface area (Å²) < 4.78 is 4.92. The van der Waals surface area contributed by atoms with Crippen LogP contribution >= 0.6 is 0 Å². The minimum absolute atomic E-state index is 0.0760. The number of benzene rings is 1. The summed E-state index contributed by atoms with van der Waals surface area (Å²) in [5.74, 6) is -0.924. The van der Waals surface area contributed by atoms with Crippen LogP contribution in [0.5, 0.6) is 11.5 Å². The van der Waals surface area contributed by atoms with Crippen LogP contribution in [-0.2, 0) is 9.53 Å². The molecule has 6 nitrogen and oxygen atoms in total. The van der Waals surface area contributed by atoms with E-state index in [0.717, 1.165) is 18.9 Å². The summed E-state index contributed by atoms with van der Waals surface area (Å²) >= 11 is 0. The van der Waals surface area contributed by atoms with Crippen molar-refractivity contribution in [1.29, 1.82) is 0 Å². The van der Waals surface area contributed by atoms with Crippen LogP contribution in [0.4, 0.5) is 0 Å². The number of phenolic OH excluding ortho intramolecular Hbond substituents is 2. The van der Waals surface area contributed by atoms with Crippen molar-refractivity contribution >= 4 is 11.9 Å². The average Bonchev–Trinajstić information content (AvgIpc) is 2.45. The zero-order valence-corrected chi connectivity index (χ0v) is 11.9. The number of esters is 1. The van der Waals surface area contributed by atoms with Gasteiger partial charge in [-0.05, 0) is 30.9 Å². The molecule has 21 heavy (non-hydrogen) atoms. The van der Waals surface area contributed by atoms with E-state index in [1.165, 1.54) is 12.1 Å². The first kappa shape index (κ1) is 15.2. The van der Waals surface area contributed by atoms with E-state index in [9.17, 15) is 14.7 Å². The Morgan fingerprint density at radius 1 is 1.29 bits per heavy atom. The first-order chi connectivity index (χ1) is 9.97. The third-order valence-electron chi connectivity index (χ3n) is 3.66. The molecule has 0 unspecified atom stereocenters. The number of piperidine rings is 1. The van der Waals surface area contributed by atoms with Crippen LogP contribution in [-0.4, -0.2) is 46.7 Å². The van der Waals surface area contributed by atoms with Crippen molar-refractivity contribution in [2.45, 2.75) is 19.8 Å². The molecule has 0 radical (unpaired) electrons. The van der Waals surface area contributed by atoms with Crippen molar-refractivity contribution in [3.63, 3.8) is 0 Å². The van der Waals surface area contributed by atoms with Crippen molar-refractivity contribution in [3.8, 4) is 11.5 Å². The van der Waals surface area contributed by atoms with Gasteiger partial charge in [-0.1, -0.05) is 6.92 Å². The molecule has 1 heterocycles. The molecule has 6 heteroatoms. The van der Waals surface area contributed by atoms with Gasteiger partial charge in [0, 0.05) is 19.2 Å². The summed E-state index contributed by atoms with van der Waals surface area (Å²) in [6.07, 6.45) is 1.91. The van der Waals surface area contributed by atoms with E-state index in [-0.39, 0.29) is 29.6 Å². The number of rotatable bonds is 3. The van der Waals surface area contributed by atoms with Crippen molar-refractivity contribution in [2.75, 3.05) is 19.7 Å². The summed E-state index contributed by atoms with van der Waals surface area (Å²) in [7, 11) is 0. The maximum Gasteiger partial charge on any atom is 0.342 e. The van der Waals surface area contributed by atoms with E-state index in [2.05, 4.69) is 6.92 Å². The van der Waals surface area contributed by atoms with E-state index < -0.39 is 5.97 Å². The van der Waals surface area contributed by atoms with Crippen LogP contribution in [0, 0.1) is 5.92 Å². The fourth-order valence-corrected chi connectivity index (χ4v) is 2.25. The largest absolute Gasteiger partial charge is 0.508 e. The molecule has 0 bridgehead atoms. The van der Waals surface area contributed by atoms with Crippen molar-refractivity contribution in [3.05, 3.63) is 23.8 Å². The smallest absolute Gasteiger partial charge is 0.342 e. The predicted octanol–water partition coefficient (Wildman–Crippen LogP) is 1.51. The Morgan fingerprint density at radius 2 is 1.95 bits per heavy atom. The third-order valence-corrected chi connectivity index (χ3v) is 3.66. The Hall–Kier alpha value is -2.24. The van der Waals surface area contributed by atoms with Gasteiger partial charge in [0.1, 0.15) is 17.1 Å². The molecular weight excluding hydrogens is 274 g/mol. The second kappa shape index (κ2) is 6.47. The lowest BCUT2D eigenvalue weighted by molar-refractivity contribution is -0.135. The first-order valence-corrected chi connectivity index (χ1v) is 6.94. The van der Waals surface area contributed by atoms with Crippen molar-refractivity contribution in [2.24, 2.45) is 5.92 Å². The molecule has 0 aromatic heterocycles. The Labute approximate surface area is 122 Å². The summed E-state index contributed by atoms with van der Waals surface area (Å²) in [4.78, 5) is 25.4. The zero-order valence-electron chi connectivity index (χ0n) is 11.9. The van der Waals surface area contributed by atoms with E-state index in [1.54, 1.807) is 4.90 Å². The Morgan fingerprint density at radius 3 is 2.57 bits per heavy atom. The summed E-state index contributed by atoms with van der Waals surface area (Å²) in [6, 6.07) is 3.56. The maximum absolute atomic E-state index is 11.9. The van der Waals surface area contributed by atoms with Crippen LogP contribution in [0.1, 0.15) is 30.1 Å². The first-order valence-electron chi connectivity index (χ1n) is 6.94. The van der Waals surface area contributed by atoms with Gasteiger partial charge in [0.05, 0.1) is 0 Å². The maximum atomic E-state index is 11.9. The molecule has 2 N–H and O–H groups in total. The number of phenols is 2. The molecule has 1 aliphatic rings. The molecule has 1 aromatic carbocycles. The molecule has 1 amide bonds. The van der Waals surface area contributed by atoms with E-state index in [0.29, 0.717) is 19.0 Å². The molecule has 1 aromatic rings. The Kier molecular flexibility index (Phi) is 4.67. The number of amides is 1. The molecule has 0 aliphatic carbocycles. The highest BCUT2D eigenvalue weighted by molar-refractivity contribution is 5.94. The van der Waals surface area contributed by atoms with Crippen LogP contribution in [0.15, 0.2) is 18.2 Å². The molecular formula is C15H19NO5. The standard InChI is InChI=1S/C15H19NO5/c1-10-4-6-16(7-5-10)14(19)9-21-15(20)12-3-2-11(17)8-13(12)18/h2-3,8,10,17-18H,4-7,9H2,1H3. The van der Waals surface area contributed by atoms with Crippen LogP contribution in [0.2, 0.25) is 0 Å². The SMILES string of the molecule is CC1CCN(C(=O)COC(=O)c2ccc(O)cc2O)CC1. The minimum atomic E-state index is -0.786. The molecule has 1 saturated heterocycles. The zero-order chi connectivity index (χ0) is 15.4. The van der Waals surface area contributed by atoms with Crippen molar-refractivity contribution < 1.29 is 24.5 Å². The van der Waals surface area contributed by atoms with Gasteiger partial charge in [-0.3, -0.25) is 4.79 Å². The summed E-state index contributed by atoms with van der Waals surface area (Å²) in [5.41, 5.74) is -0.0760. The van der Waals surface area contributed by atoms with Gasteiger partial charge in [0.2, 0.25) is 0 Å². The Balaban J connectivity index is 1.87. The molecule has 0 atom stereocenters. The Bertz CT molecular complexity index is 535. The normalized spacial score (nSPS) is 15.8. The highest BCUT2D eigenvalue weighted by atomic mass is 16.5. The van der Waals surface area contributed by atoms with Crippen molar-refractivity contribution in [1.82, 2.24) is 4.90 Å². The lowest BCUT2D eigenvalue weighted by Gasteiger charge is -2.30. The van der Waals surface area contributed by atoms with Gasteiger partial charge >= 0.3 is 5.97 Å². The summed E-state index contributed by atoms with van der Waals surface area (Å²) in [6.45, 7) is 3.17. The monoisotopic (exact) mass is 293 g/mol. The van der Waals surface area contributed by atoms with Crippen LogP contribution < -0.4 is 0 Å². The van der Waals surface area contributed by atoms with Crippen LogP contribution in [0.25, 0.3) is 0 Å². The molecule has 1 fully saturated rings. The van der Waals surface area contributed by atoms with Gasteiger partial charge in [-0.25, -0.2) is 4.79 Å². The topological polar surface area (TPSA) is 87.1 Å². The number of ether oxygens (including phenoxy) is 1. The summed E-state index contributed by atoms with van der Waals surface area (Å²) in [5, 5.41) is 18.7. The average molecular weight is 293 g/mol. The highest BCUT2D eigenvalue weighted by Crippen LogP contribution is 2.23. The van der Waals surface area contributed by atoms with Gasteiger partial charge in [0.25, 0.3) is 5.91 Å². The van der Waals surface area contributed by atoms with Gasteiger partial charge in [-0.15, -0.1) is 0 Å². The second-order valence-electron chi connectivity index (χ2n) is 5.34. The lowest BCUT2D eigenvalue weighted by atomic mass is 9.99. The van der Waals surface area contributed by atoms with Gasteiger partial charge < -0.3 is 19.8 Å². The number of carbonyl (C=O) groups is 2. The van der Waals surface area contributed by atoms with Crippen LogP contribution in [0.3, 0.4) is 0 Å². The number of hydrogen-bond acceptors (Lipinski definition) is 5. The number of carbonyl (C=O) groups excluding carboxylic acids is 2. The number of hydrogen-bond donors (Lipinski definition) is 2. The highest BCUT2D eigenvalue weighted by Gasteiger charge is 2.22. The lowest BCUT2D eigenvalue weighted by Crippen LogP contribution is -2.40. The number of aromatic hydroxyl groups is 2. The molecule has 0 spiro atoms. The number of nitrogens with zero attached hydrogens (tertiary/aromatic N) is 1. The fraction of sp³-hybridized carbons (Fsp3) is 0.467. The fourth-order valence-electron chi connectivity index (χ4n) is 2.25. The van der Waals surface area contributed by atoms with Gasteiger partial charge in [0.15, 0.2) is 6.61 Å². The predicted molar refractivity (Wildman–Crippen MR) is 75.0 cm³/mol. The third kappa shape index (κ3) is 3.87. The molecule has 2 rings (SSSR count). The molecule has 1 aliphatic heterocycles.